The first-order valence-electron chi connectivity index (χ1n) is 9.40. The Hall–Kier alpha value is -4.13. The van der Waals surface area contributed by atoms with Gasteiger partial charge in [-0.2, -0.15) is 0 Å². The number of fused-ring (bicyclic) bond motifs is 3. The van der Waals surface area contributed by atoms with Gasteiger partial charge < -0.3 is 19.6 Å². The number of phenols is 1. The molecule has 0 fully saturated rings. The maximum Gasteiger partial charge on any atom is 0.336 e. The third kappa shape index (κ3) is 2.71. The van der Waals surface area contributed by atoms with Crippen molar-refractivity contribution in [2.75, 3.05) is 0 Å². The van der Waals surface area contributed by atoms with Crippen LogP contribution in [0, 0.1) is 0 Å². The minimum Gasteiger partial charge on any atom is -0.508 e. The number of H-pyrrole nitrogens is 1. The molecule has 3 N–H and O–H groups in total. The second-order valence-corrected chi connectivity index (χ2v) is 7.07. The fourth-order valence-corrected chi connectivity index (χ4v) is 3.81. The number of carbonyl (C=O) groups is 1. The minimum atomic E-state index is -1.09. The smallest absolute Gasteiger partial charge is 0.336 e. The number of nitrogens with one attached hydrogen (secondary N) is 1. The first kappa shape index (κ1) is 17.9. The maximum atomic E-state index is 12.1. The van der Waals surface area contributed by atoms with Crippen LogP contribution in [-0.4, -0.2) is 26.2 Å². The molecular formula is C23H16N2O5. The molecule has 30 heavy (non-hydrogen) atoms. The number of phenolic OH excluding ortho intramolecular Hbond substituents is 1. The van der Waals surface area contributed by atoms with E-state index in [0.29, 0.717) is 50.9 Å². The highest BCUT2D eigenvalue weighted by molar-refractivity contribution is 6.09. The summed E-state index contributed by atoms with van der Waals surface area (Å²) in [6.07, 6.45) is 0.689. The van der Waals surface area contributed by atoms with Crippen molar-refractivity contribution < 1.29 is 19.4 Å². The van der Waals surface area contributed by atoms with E-state index in [2.05, 4.69) is 9.97 Å². The number of carboxylic acids is 1. The topological polar surface area (TPSA) is 116 Å². The summed E-state index contributed by atoms with van der Waals surface area (Å²) in [4.78, 5) is 31.7. The molecule has 0 spiro atoms. The van der Waals surface area contributed by atoms with Gasteiger partial charge >= 0.3 is 5.97 Å². The first-order chi connectivity index (χ1) is 14.4. The Morgan fingerprint density at radius 3 is 2.70 bits per heavy atom. The lowest BCUT2D eigenvalue weighted by molar-refractivity contribution is 0.0698. The molecular weight excluding hydrogens is 384 g/mol. The third-order valence-corrected chi connectivity index (χ3v) is 5.18. The van der Waals surface area contributed by atoms with Crippen molar-refractivity contribution in [1.29, 1.82) is 0 Å². The summed E-state index contributed by atoms with van der Waals surface area (Å²) >= 11 is 0. The Morgan fingerprint density at radius 1 is 1.10 bits per heavy atom. The molecule has 5 rings (SSSR count). The first-order valence-corrected chi connectivity index (χ1v) is 9.40. The highest BCUT2D eigenvalue weighted by Gasteiger charge is 2.23. The molecule has 0 unspecified atom stereocenters. The summed E-state index contributed by atoms with van der Waals surface area (Å²) in [6.45, 7) is 1.96. The summed E-state index contributed by atoms with van der Waals surface area (Å²) in [6, 6.07) is 12.3. The standard InChI is InChI=1S/C23H16N2O5/c1-2-21-24-17-9-15(16(23(28)29)10-18(17)25-21)22-13-5-3-11(26)7-19(13)30-20-8-12(27)4-6-14(20)22/h3-10,26H,2H2,1H3,(H,24,25)(H,28,29). The minimum absolute atomic E-state index is 0.00453. The van der Waals surface area contributed by atoms with Crippen molar-refractivity contribution in [3.8, 4) is 28.2 Å². The van der Waals surface area contributed by atoms with E-state index in [1.54, 1.807) is 24.3 Å². The molecule has 2 heterocycles. The predicted molar refractivity (Wildman–Crippen MR) is 112 cm³/mol. The highest BCUT2D eigenvalue weighted by atomic mass is 16.4. The van der Waals surface area contributed by atoms with Crippen molar-refractivity contribution in [2.45, 2.75) is 13.3 Å². The van der Waals surface area contributed by atoms with Crippen LogP contribution < -0.4 is 5.43 Å². The van der Waals surface area contributed by atoms with Gasteiger partial charge in [-0.3, -0.25) is 4.79 Å². The number of hydrogen-bond acceptors (Lipinski definition) is 5. The number of imidazole rings is 1. The van der Waals surface area contributed by atoms with E-state index in [4.69, 9.17) is 4.42 Å². The molecule has 1 aliphatic carbocycles. The van der Waals surface area contributed by atoms with Crippen LogP contribution in [-0.2, 0) is 6.42 Å². The summed E-state index contributed by atoms with van der Waals surface area (Å²) in [7, 11) is 0. The number of nitrogens with zero attached hydrogens (tertiary/aromatic N) is 1. The number of aromatic nitrogens is 2. The van der Waals surface area contributed by atoms with E-state index in [9.17, 15) is 19.8 Å². The van der Waals surface area contributed by atoms with Crippen LogP contribution >= 0.6 is 0 Å². The molecule has 148 valence electrons. The van der Waals surface area contributed by atoms with Crippen LogP contribution in [0.5, 0.6) is 5.75 Å². The van der Waals surface area contributed by atoms with E-state index < -0.39 is 5.97 Å². The zero-order valence-corrected chi connectivity index (χ0v) is 15.9. The molecule has 7 heteroatoms. The second kappa shape index (κ2) is 6.45. The normalized spacial score (nSPS) is 11.5. The summed E-state index contributed by atoms with van der Waals surface area (Å²) < 4.78 is 5.85. The number of aromatic carboxylic acids is 1. The van der Waals surface area contributed by atoms with Crippen LogP contribution in [0.3, 0.4) is 0 Å². The van der Waals surface area contributed by atoms with Gasteiger partial charge in [-0.05, 0) is 42.0 Å². The molecule has 3 aromatic rings. The van der Waals surface area contributed by atoms with E-state index in [1.807, 2.05) is 6.92 Å². The van der Waals surface area contributed by atoms with Gasteiger partial charge in [0.05, 0.1) is 16.6 Å². The molecule has 0 atom stereocenters. The van der Waals surface area contributed by atoms with E-state index in [1.165, 1.54) is 24.3 Å². The zero-order valence-electron chi connectivity index (χ0n) is 15.9. The molecule has 7 nitrogen and oxygen atoms in total. The van der Waals surface area contributed by atoms with Gasteiger partial charge in [0.15, 0.2) is 5.43 Å². The van der Waals surface area contributed by atoms with Crippen LogP contribution in [0.4, 0.5) is 0 Å². The Labute approximate surface area is 169 Å². The molecule has 2 aromatic carbocycles. The van der Waals surface area contributed by atoms with Crippen molar-refractivity contribution in [3.63, 3.8) is 0 Å². The lowest BCUT2D eigenvalue weighted by Crippen LogP contribution is -2.03. The fourth-order valence-electron chi connectivity index (χ4n) is 3.81. The number of aromatic hydroxyl groups is 1. The monoisotopic (exact) mass is 400 g/mol. The van der Waals surface area contributed by atoms with E-state index in [0.717, 1.165) is 5.82 Å². The lowest BCUT2D eigenvalue weighted by atomic mass is 9.90. The van der Waals surface area contributed by atoms with Gasteiger partial charge in [-0.25, -0.2) is 9.78 Å². The number of rotatable bonds is 3. The van der Waals surface area contributed by atoms with Gasteiger partial charge in [0.25, 0.3) is 0 Å². The van der Waals surface area contributed by atoms with Gasteiger partial charge in [0, 0.05) is 35.1 Å². The van der Waals surface area contributed by atoms with Crippen LogP contribution in [0.15, 0.2) is 57.7 Å². The quantitative estimate of drug-likeness (QED) is 0.386. The predicted octanol–water partition coefficient (Wildman–Crippen LogP) is 4.41. The van der Waals surface area contributed by atoms with Crippen LogP contribution in [0.1, 0.15) is 23.1 Å². The number of benzene rings is 3. The zero-order chi connectivity index (χ0) is 21.0. The van der Waals surface area contributed by atoms with Gasteiger partial charge in [-0.15, -0.1) is 0 Å². The largest absolute Gasteiger partial charge is 0.508 e. The van der Waals surface area contributed by atoms with Gasteiger partial charge in [0.1, 0.15) is 22.9 Å². The molecule has 0 radical (unpaired) electrons. The molecule has 0 saturated carbocycles. The maximum absolute atomic E-state index is 12.1. The van der Waals surface area contributed by atoms with Crippen molar-refractivity contribution in [3.05, 3.63) is 70.1 Å². The van der Waals surface area contributed by atoms with Crippen molar-refractivity contribution >= 4 is 28.0 Å². The van der Waals surface area contributed by atoms with Crippen LogP contribution in [0.2, 0.25) is 0 Å². The summed E-state index contributed by atoms with van der Waals surface area (Å²) in [5.74, 6) is -0.0118. The van der Waals surface area contributed by atoms with Crippen molar-refractivity contribution in [1.82, 2.24) is 9.97 Å². The molecule has 2 aliphatic rings. The average Bonchev–Trinajstić information content (AvgIpc) is 3.13. The van der Waals surface area contributed by atoms with Gasteiger partial charge in [-0.1, -0.05) is 6.92 Å². The SMILES string of the molecule is CCc1nc2cc(C(=O)O)c(-c3c4ccc(=O)cc-4oc4cc(O)ccc34)cc2[nH]1. The second-order valence-electron chi connectivity index (χ2n) is 7.07. The molecule has 0 amide bonds. The molecule has 0 saturated heterocycles. The summed E-state index contributed by atoms with van der Waals surface area (Å²) in [5, 5.41) is 20.5. The molecule has 1 aliphatic heterocycles. The number of aromatic amines is 1. The van der Waals surface area contributed by atoms with Gasteiger partial charge in [0.2, 0.25) is 0 Å². The highest BCUT2D eigenvalue weighted by Crippen LogP contribution is 2.42. The Balaban J connectivity index is 1.96. The molecule has 1 aromatic heterocycles. The third-order valence-electron chi connectivity index (χ3n) is 5.18. The summed E-state index contributed by atoms with van der Waals surface area (Å²) in [5.41, 5.74) is 3.17. The Bertz CT molecular complexity index is 1500. The number of hydrogen-bond donors (Lipinski definition) is 3. The van der Waals surface area contributed by atoms with E-state index in [-0.39, 0.29) is 16.7 Å². The lowest BCUT2D eigenvalue weighted by Gasteiger charge is -2.16. The average molecular weight is 400 g/mol. The number of aryl methyl sites for hydroxylation is 1. The van der Waals surface area contributed by atoms with Crippen molar-refractivity contribution in [2.24, 2.45) is 0 Å². The number of carboxylic acid groups (broad SMARTS) is 1. The van der Waals surface area contributed by atoms with Crippen LogP contribution in [0.25, 0.3) is 44.5 Å². The van der Waals surface area contributed by atoms with E-state index >= 15 is 0 Å². The Morgan fingerprint density at radius 2 is 1.93 bits per heavy atom. The molecule has 0 bridgehead atoms. The fraction of sp³-hybridized carbons (Fsp3) is 0.0870. The Kier molecular flexibility index (Phi) is 3.86.